The van der Waals surface area contributed by atoms with Gasteiger partial charge in [0.25, 0.3) is 0 Å². The molecule has 0 aliphatic heterocycles. The number of hydrogen-bond donors (Lipinski definition) is 0. The molecule has 0 N–H and O–H groups in total. The zero-order chi connectivity index (χ0) is 48.8. The maximum Gasteiger partial charge on any atom is 0.0643 e. The molecule has 70 heavy (non-hydrogen) atoms. The maximum atomic E-state index is 4.93. The molecule has 0 bridgehead atoms. The molecule has 9 aromatic carbocycles. The van der Waals surface area contributed by atoms with E-state index in [0.29, 0.717) is 6.54 Å². The number of hydrogen-bond acceptors (Lipinski definition) is 1. The van der Waals surface area contributed by atoms with Crippen molar-refractivity contribution < 1.29 is 0 Å². The Morgan fingerprint density at radius 1 is 0.429 bits per heavy atom. The van der Waals surface area contributed by atoms with E-state index in [-0.39, 0.29) is 0 Å². The number of para-hydroxylation sites is 2. The van der Waals surface area contributed by atoms with Crippen molar-refractivity contribution in [1.82, 2.24) is 9.13 Å². The van der Waals surface area contributed by atoms with Crippen LogP contribution in [0.5, 0.6) is 0 Å². The Kier molecular flexibility index (Phi) is 15.8. The second kappa shape index (κ2) is 23.0. The second-order valence-corrected chi connectivity index (χ2v) is 17.6. The number of rotatable bonds is 10. The Bertz CT molecular complexity index is 3530. The van der Waals surface area contributed by atoms with Gasteiger partial charge in [0.2, 0.25) is 0 Å². The van der Waals surface area contributed by atoms with Crippen LogP contribution in [0.15, 0.2) is 236 Å². The average molecular weight is 908 g/mol. The first kappa shape index (κ1) is 48.0. The maximum absolute atomic E-state index is 4.93. The number of unbranched alkanes of at least 4 members (excludes halogenated alkanes) is 1. The molecule has 0 fully saturated rings. The number of aromatic nitrogens is 2. The van der Waals surface area contributed by atoms with Crippen molar-refractivity contribution in [3.05, 3.63) is 253 Å². The van der Waals surface area contributed by atoms with E-state index in [0.717, 1.165) is 29.1 Å². The van der Waals surface area contributed by atoms with E-state index >= 15 is 0 Å². The zero-order valence-electron chi connectivity index (χ0n) is 40.9. The minimum absolute atomic E-state index is 0.636. The summed E-state index contributed by atoms with van der Waals surface area (Å²) in [7, 11) is 0. The van der Waals surface area contributed by atoms with Gasteiger partial charge in [0.05, 0.1) is 23.1 Å². The third-order valence-electron chi connectivity index (χ3n) is 12.8. The lowest BCUT2D eigenvalue weighted by Crippen LogP contribution is -1.99. The van der Waals surface area contributed by atoms with E-state index in [1.165, 1.54) is 95.4 Å². The molecule has 2 aromatic heterocycles. The average Bonchev–Trinajstić information content (AvgIpc) is 3.93. The van der Waals surface area contributed by atoms with Crippen LogP contribution in [0.25, 0.3) is 77.1 Å². The van der Waals surface area contributed by atoms with Crippen LogP contribution in [0.1, 0.15) is 62.8 Å². The Labute approximate surface area is 414 Å². The zero-order valence-corrected chi connectivity index (χ0v) is 40.9. The normalized spacial score (nSPS) is 11.0. The van der Waals surface area contributed by atoms with Crippen molar-refractivity contribution in [2.75, 3.05) is 0 Å². The third kappa shape index (κ3) is 10.8. The SMILES string of the molecule is C#C.C=C(C)c1ccccc1.CC(=NCc1cccc(-n2c3ccccc3c3cc(-c4ccc(-c5ccc6c7ccccc7n(Cc7ccccc7)c6c5)cc4)ccc32)c1)c1ccccc1.CCCC. The topological polar surface area (TPSA) is 22.2 Å². The van der Waals surface area contributed by atoms with Gasteiger partial charge in [0, 0.05) is 45.0 Å². The van der Waals surface area contributed by atoms with Crippen LogP contribution in [0.3, 0.4) is 0 Å². The Balaban J connectivity index is 0.000000383. The number of nitrogens with zero attached hydrogens (tertiary/aromatic N) is 3. The van der Waals surface area contributed by atoms with E-state index in [1.807, 2.05) is 31.2 Å². The van der Waals surface area contributed by atoms with Crippen LogP contribution in [0.4, 0.5) is 0 Å². The molecule has 3 heteroatoms. The predicted octanol–water partition coefficient (Wildman–Crippen LogP) is 18.1. The number of terminal acetylenes is 1. The van der Waals surface area contributed by atoms with Gasteiger partial charge in [-0.15, -0.1) is 12.8 Å². The summed E-state index contributed by atoms with van der Waals surface area (Å²) in [5.41, 5.74) is 17.9. The van der Waals surface area contributed by atoms with Gasteiger partial charge in [0.1, 0.15) is 0 Å². The molecule has 0 aliphatic carbocycles. The van der Waals surface area contributed by atoms with E-state index in [9.17, 15) is 0 Å². The largest absolute Gasteiger partial charge is 0.336 e. The summed E-state index contributed by atoms with van der Waals surface area (Å²) < 4.78 is 4.85. The fraction of sp³-hybridized carbons (Fsp3) is 0.119. The molecule has 0 unspecified atom stereocenters. The van der Waals surface area contributed by atoms with E-state index in [4.69, 9.17) is 4.99 Å². The van der Waals surface area contributed by atoms with Gasteiger partial charge in [-0.05, 0) is 101 Å². The minimum Gasteiger partial charge on any atom is -0.336 e. The van der Waals surface area contributed by atoms with Gasteiger partial charge in [-0.25, -0.2) is 0 Å². The van der Waals surface area contributed by atoms with Crippen LogP contribution in [-0.4, -0.2) is 14.8 Å². The van der Waals surface area contributed by atoms with Crippen molar-refractivity contribution in [2.45, 2.75) is 53.6 Å². The molecular weight excluding hydrogens is 847 g/mol. The Hall–Kier alpha value is -8.45. The van der Waals surface area contributed by atoms with Gasteiger partial charge in [-0.1, -0.05) is 221 Å². The van der Waals surface area contributed by atoms with E-state index < -0.39 is 0 Å². The predicted molar refractivity (Wildman–Crippen MR) is 304 cm³/mol. The van der Waals surface area contributed by atoms with Crippen molar-refractivity contribution in [2.24, 2.45) is 4.99 Å². The molecule has 0 saturated carbocycles. The first-order valence-electron chi connectivity index (χ1n) is 24.3. The standard InChI is InChI=1S/C52H39N3.C9H10.C4H10.C2H2/c1-36(39-16-6-3-7-17-39)53-34-38-15-12-18-44(31-38)55-50-22-11-9-20-46(50)48-32-42(28-30-51(48)55)40-23-25-41(26-24-40)43-27-29-47-45-19-8-10-21-49(45)54(52(47)33-43)35-37-13-4-2-5-14-37;1-8(2)9-6-4-3-5-7-9;1-3-4-2;1-2/h2-33H,34-35H2,1H3;3-7H,1H2,2H3;3-4H2,1-2H3;1-2H. The minimum atomic E-state index is 0.636. The number of benzene rings is 9. The van der Waals surface area contributed by atoms with Gasteiger partial charge in [0.15, 0.2) is 0 Å². The summed E-state index contributed by atoms with van der Waals surface area (Å²) in [6, 6.07) is 80.5. The molecule has 0 saturated heterocycles. The lowest BCUT2D eigenvalue weighted by molar-refractivity contribution is 0.869. The summed E-state index contributed by atoms with van der Waals surface area (Å²) in [6.07, 6.45) is 10.6. The molecule has 0 aliphatic rings. The summed E-state index contributed by atoms with van der Waals surface area (Å²) in [5.74, 6) is 0. The van der Waals surface area contributed by atoms with E-state index in [1.54, 1.807) is 0 Å². The number of allylic oxidation sites excluding steroid dienone is 1. The highest BCUT2D eigenvalue weighted by Crippen LogP contribution is 2.37. The summed E-state index contributed by atoms with van der Waals surface area (Å²) in [6.45, 7) is 13.8. The summed E-state index contributed by atoms with van der Waals surface area (Å²) in [5, 5.41) is 5.08. The first-order chi connectivity index (χ1) is 34.4. The van der Waals surface area contributed by atoms with Crippen LogP contribution in [0.2, 0.25) is 0 Å². The van der Waals surface area contributed by atoms with Crippen molar-refractivity contribution >= 4 is 54.9 Å². The fourth-order valence-corrected chi connectivity index (χ4v) is 8.95. The first-order valence-corrected chi connectivity index (χ1v) is 24.3. The molecular formula is C67H61N3. The highest BCUT2D eigenvalue weighted by molar-refractivity contribution is 6.11. The van der Waals surface area contributed by atoms with Crippen LogP contribution in [0, 0.1) is 12.8 Å². The van der Waals surface area contributed by atoms with Gasteiger partial charge < -0.3 is 9.13 Å². The molecule has 11 aromatic rings. The number of aliphatic imine (C=N–C) groups is 1. The molecule has 0 amide bonds. The molecule has 344 valence electrons. The Morgan fingerprint density at radius 3 is 1.53 bits per heavy atom. The quantitative estimate of drug-likeness (QED) is 0.0964. The van der Waals surface area contributed by atoms with Crippen molar-refractivity contribution in [3.8, 4) is 40.8 Å². The third-order valence-corrected chi connectivity index (χ3v) is 12.8. The Morgan fingerprint density at radius 2 is 0.914 bits per heavy atom. The number of fused-ring (bicyclic) bond motifs is 6. The fourth-order valence-electron chi connectivity index (χ4n) is 8.95. The summed E-state index contributed by atoms with van der Waals surface area (Å²) in [4.78, 5) is 4.93. The van der Waals surface area contributed by atoms with Crippen molar-refractivity contribution in [3.63, 3.8) is 0 Å². The lowest BCUT2D eigenvalue weighted by Gasteiger charge is -2.11. The molecule has 11 rings (SSSR count). The van der Waals surface area contributed by atoms with Gasteiger partial charge >= 0.3 is 0 Å². The molecule has 0 spiro atoms. The van der Waals surface area contributed by atoms with Gasteiger partial charge in [-0.3, -0.25) is 4.99 Å². The van der Waals surface area contributed by atoms with Gasteiger partial charge in [-0.2, -0.15) is 0 Å². The molecule has 0 radical (unpaired) electrons. The summed E-state index contributed by atoms with van der Waals surface area (Å²) >= 11 is 0. The second-order valence-electron chi connectivity index (χ2n) is 17.6. The monoisotopic (exact) mass is 907 g/mol. The highest BCUT2D eigenvalue weighted by Gasteiger charge is 2.15. The van der Waals surface area contributed by atoms with Crippen LogP contribution >= 0.6 is 0 Å². The lowest BCUT2D eigenvalue weighted by atomic mass is 9.98. The highest BCUT2D eigenvalue weighted by atomic mass is 15.0. The van der Waals surface area contributed by atoms with Crippen LogP contribution in [-0.2, 0) is 13.1 Å². The smallest absolute Gasteiger partial charge is 0.0643 e. The molecule has 2 heterocycles. The molecule has 3 nitrogen and oxygen atoms in total. The van der Waals surface area contributed by atoms with Crippen LogP contribution < -0.4 is 0 Å². The van der Waals surface area contributed by atoms with E-state index in [2.05, 4.69) is 250 Å². The van der Waals surface area contributed by atoms with Crippen molar-refractivity contribution in [1.29, 1.82) is 0 Å². The molecule has 0 atom stereocenters.